The van der Waals surface area contributed by atoms with Crippen molar-refractivity contribution >= 4 is 19.3 Å². The van der Waals surface area contributed by atoms with Crippen molar-refractivity contribution in [2.24, 2.45) is 0 Å². The maximum Gasteiger partial charge on any atom is 0.334 e. The minimum Gasteiger partial charge on any atom is -0.496 e. The normalized spacial score (nSPS) is 12.1. The molecule has 1 aromatic rings. The summed E-state index contributed by atoms with van der Waals surface area (Å²) in [5.74, 6) is -0.418. The first-order valence-electron chi connectivity index (χ1n) is 5.34. The van der Waals surface area contributed by atoms with E-state index in [-0.39, 0.29) is 5.76 Å². The van der Waals surface area contributed by atoms with E-state index in [4.69, 9.17) is 14.5 Å². The molecule has 0 aliphatic carbocycles. The van der Waals surface area contributed by atoms with Gasteiger partial charge < -0.3 is 19.3 Å². The summed E-state index contributed by atoms with van der Waals surface area (Å²) in [4.78, 5) is 29.3. The van der Waals surface area contributed by atoms with Crippen LogP contribution in [0.2, 0.25) is 0 Å². The number of methoxy groups -OCH3 is 2. The second kappa shape index (κ2) is 6.52. The summed E-state index contributed by atoms with van der Waals surface area (Å²) < 4.78 is 20.7. The molecule has 0 fully saturated rings. The third kappa shape index (κ3) is 4.87. The molecule has 0 aliphatic rings. The van der Waals surface area contributed by atoms with E-state index < -0.39 is 19.7 Å². The summed E-state index contributed by atoms with van der Waals surface area (Å²) >= 11 is 0. The molecule has 0 saturated carbocycles. The van der Waals surface area contributed by atoms with E-state index in [2.05, 4.69) is 4.74 Å². The van der Waals surface area contributed by atoms with Crippen LogP contribution in [-0.2, 0) is 25.0 Å². The highest BCUT2D eigenvalue weighted by Crippen LogP contribution is 2.40. The molecule has 1 rings (SSSR count). The molecule has 0 unspecified atom stereocenters. The van der Waals surface area contributed by atoms with Crippen molar-refractivity contribution in [2.45, 2.75) is 6.16 Å². The first-order chi connectivity index (χ1) is 8.87. The van der Waals surface area contributed by atoms with Crippen molar-refractivity contribution in [3.8, 4) is 0 Å². The lowest BCUT2D eigenvalue weighted by molar-refractivity contribution is -0.134. The quantitative estimate of drug-likeness (QED) is 0.369. The summed E-state index contributed by atoms with van der Waals surface area (Å²) in [7, 11) is -1.61. The zero-order chi connectivity index (χ0) is 14.5. The predicted molar refractivity (Wildman–Crippen MR) is 69.2 cm³/mol. The van der Waals surface area contributed by atoms with Crippen molar-refractivity contribution in [3.63, 3.8) is 0 Å². The molecular weight excluding hydrogens is 271 g/mol. The molecule has 0 aliphatic heterocycles. The van der Waals surface area contributed by atoms with Crippen molar-refractivity contribution < 1.29 is 28.6 Å². The minimum absolute atomic E-state index is 0.191. The van der Waals surface area contributed by atoms with Crippen LogP contribution in [0.1, 0.15) is 11.1 Å². The van der Waals surface area contributed by atoms with Crippen molar-refractivity contribution in [2.75, 3.05) is 14.2 Å². The molecule has 0 aromatic heterocycles. The lowest BCUT2D eigenvalue weighted by Crippen LogP contribution is -2.01. The monoisotopic (exact) mass is 286 g/mol. The number of benzene rings is 1. The van der Waals surface area contributed by atoms with E-state index in [0.29, 0.717) is 11.1 Å². The molecule has 0 amide bonds. The summed E-state index contributed by atoms with van der Waals surface area (Å²) in [5.41, 5.74) is 0.839. The number of hydrogen-bond donors (Lipinski definition) is 2. The molecular formula is C12H15O6P. The zero-order valence-corrected chi connectivity index (χ0v) is 11.5. The fourth-order valence-corrected chi connectivity index (χ4v) is 2.25. The zero-order valence-electron chi connectivity index (χ0n) is 10.6. The number of carbonyl (C=O) groups is 1. The Kier molecular flexibility index (Phi) is 5.30. The molecule has 0 bridgehead atoms. The number of hydrogen-bond acceptors (Lipinski definition) is 4. The van der Waals surface area contributed by atoms with Gasteiger partial charge in [0.2, 0.25) is 0 Å². The summed E-state index contributed by atoms with van der Waals surface area (Å²) in [6.45, 7) is 0. The van der Waals surface area contributed by atoms with Gasteiger partial charge in [-0.3, -0.25) is 4.57 Å². The smallest absolute Gasteiger partial charge is 0.334 e. The molecule has 1 aromatic carbocycles. The van der Waals surface area contributed by atoms with Crippen LogP contribution in [0.3, 0.4) is 0 Å². The van der Waals surface area contributed by atoms with Gasteiger partial charge in [0.15, 0.2) is 0 Å². The van der Waals surface area contributed by atoms with Crippen LogP contribution in [0.4, 0.5) is 0 Å². The Labute approximate surface area is 110 Å². The van der Waals surface area contributed by atoms with Gasteiger partial charge in [-0.1, -0.05) is 24.3 Å². The van der Waals surface area contributed by atoms with Gasteiger partial charge in [0.05, 0.1) is 26.5 Å². The van der Waals surface area contributed by atoms with E-state index in [1.54, 1.807) is 24.3 Å². The Morgan fingerprint density at radius 2 is 1.89 bits per heavy atom. The van der Waals surface area contributed by atoms with Crippen LogP contribution < -0.4 is 0 Å². The maximum absolute atomic E-state index is 11.2. The van der Waals surface area contributed by atoms with E-state index in [0.717, 1.165) is 6.08 Å². The molecule has 0 radical (unpaired) electrons. The van der Waals surface area contributed by atoms with Gasteiger partial charge in [0, 0.05) is 5.56 Å². The lowest BCUT2D eigenvalue weighted by atomic mass is 10.1. The SMILES string of the molecule is COC(=O)/C=C(/OC)c1ccccc1CP(=O)(O)O. The van der Waals surface area contributed by atoms with Crippen LogP contribution in [0, 0.1) is 0 Å². The van der Waals surface area contributed by atoms with Gasteiger partial charge in [0.25, 0.3) is 0 Å². The van der Waals surface area contributed by atoms with Crippen molar-refractivity contribution in [1.82, 2.24) is 0 Å². The molecule has 6 nitrogen and oxygen atoms in total. The first-order valence-corrected chi connectivity index (χ1v) is 7.13. The average molecular weight is 286 g/mol. The standard InChI is InChI=1S/C12H15O6P/c1-17-11(7-12(13)18-2)10-6-4-3-5-9(10)8-19(14,15)16/h3-7H,8H2,1-2H3,(H2,14,15,16)/b11-7+. The first kappa shape index (κ1) is 15.4. The largest absolute Gasteiger partial charge is 0.496 e. The van der Waals surface area contributed by atoms with Gasteiger partial charge in [-0.2, -0.15) is 0 Å². The maximum atomic E-state index is 11.2. The third-order valence-corrected chi connectivity index (χ3v) is 3.08. The topological polar surface area (TPSA) is 93.1 Å². The highest BCUT2D eigenvalue weighted by molar-refractivity contribution is 7.50. The molecule has 104 valence electrons. The summed E-state index contributed by atoms with van der Waals surface area (Å²) in [6.07, 6.45) is 0.698. The fourth-order valence-electron chi connectivity index (χ4n) is 1.53. The number of esters is 1. The van der Waals surface area contributed by atoms with Crippen molar-refractivity contribution in [1.29, 1.82) is 0 Å². The fraction of sp³-hybridized carbons (Fsp3) is 0.250. The second-order valence-electron chi connectivity index (χ2n) is 3.72. The Bertz CT molecular complexity index is 531. The summed E-state index contributed by atoms with van der Waals surface area (Å²) in [6, 6.07) is 6.52. The predicted octanol–water partition coefficient (Wildman–Crippen LogP) is 1.52. The van der Waals surface area contributed by atoms with Crippen molar-refractivity contribution in [3.05, 3.63) is 41.5 Å². The highest BCUT2D eigenvalue weighted by Gasteiger charge is 2.18. The molecule has 0 atom stereocenters. The van der Waals surface area contributed by atoms with Crippen LogP contribution in [-0.4, -0.2) is 30.0 Å². The van der Waals surface area contributed by atoms with Gasteiger partial charge in [-0.25, -0.2) is 4.79 Å². The molecule has 0 heterocycles. The van der Waals surface area contributed by atoms with Crippen LogP contribution in [0.15, 0.2) is 30.3 Å². The Morgan fingerprint density at radius 3 is 2.42 bits per heavy atom. The molecule has 0 saturated heterocycles. The van der Waals surface area contributed by atoms with Crippen LogP contribution >= 0.6 is 7.60 Å². The Morgan fingerprint density at radius 1 is 1.26 bits per heavy atom. The Balaban J connectivity index is 3.21. The lowest BCUT2D eigenvalue weighted by Gasteiger charge is -2.12. The van der Waals surface area contributed by atoms with Gasteiger partial charge in [-0.05, 0) is 5.56 Å². The van der Waals surface area contributed by atoms with E-state index >= 15 is 0 Å². The van der Waals surface area contributed by atoms with Gasteiger partial charge in [-0.15, -0.1) is 0 Å². The number of ether oxygens (including phenoxy) is 2. The number of rotatable bonds is 5. The third-order valence-electron chi connectivity index (χ3n) is 2.33. The van der Waals surface area contributed by atoms with E-state index in [9.17, 15) is 9.36 Å². The average Bonchev–Trinajstić information content (AvgIpc) is 2.34. The second-order valence-corrected chi connectivity index (χ2v) is 5.36. The van der Waals surface area contributed by atoms with E-state index in [1.165, 1.54) is 14.2 Å². The molecule has 19 heavy (non-hydrogen) atoms. The highest BCUT2D eigenvalue weighted by atomic mass is 31.2. The van der Waals surface area contributed by atoms with E-state index in [1.807, 2.05) is 0 Å². The summed E-state index contributed by atoms with van der Waals surface area (Å²) in [5, 5.41) is 0. The molecule has 2 N–H and O–H groups in total. The van der Waals surface area contributed by atoms with Crippen LogP contribution in [0.25, 0.3) is 5.76 Å². The van der Waals surface area contributed by atoms with Gasteiger partial charge in [0.1, 0.15) is 5.76 Å². The minimum atomic E-state index is -4.20. The Hall–Kier alpha value is -1.62. The number of carbonyl (C=O) groups excluding carboxylic acids is 1. The molecule has 7 heteroatoms. The van der Waals surface area contributed by atoms with Gasteiger partial charge >= 0.3 is 13.6 Å². The van der Waals surface area contributed by atoms with Crippen LogP contribution in [0.5, 0.6) is 0 Å². The molecule has 0 spiro atoms.